The predicted octanol–water partition coefficient (Wildman–Crippen LogP) is 5.96. The summed E-state index contributed by atoms with van der Waals surface area (Å²) in [7, 11) is 0. The van der Waals surface area contributed by atoms with Crippen LogP contribution in [0.1, 0.15) is 71.9 Å². The van der Waals surface area contributed by atoms with Gasteiger partial charge in [-0.05, 0) is 42.2 Å². The highest BCUT2D eigenvalue weighted by Crippen LogP contribution is 2.35. The van der Waals surface area contributed by atoms with Crippen LogP contribution < -0.4 is 0 Å². The average molecular weight is 279 g/mol. The molecule has 0 spiro atoms. The molecule has 1 heteroatoms. The minimum absolute atomic E-state index is 0.0145. The fourth-order valence-corrected chi connectivity index (χ4v) is 2.77. The second kappa shape index (κ2) is 6.35. The van der Waals surface area contributed by atoms with Gasteiger partial charge in [-0.3, -0.25) is 0 Å². The summed E-state index contributed by atoms with van der Waals surface area (Å²) in [4.78, 5) is 0. The Morgan fingerprint density at radius 3 is 1.89 bits per heavy atom. The van der Waals surface area contributed by atoms with Gasteiger partial charge in [0, 0.05) is 4.75 Å². The van der Waals surface area contributed by atoms with E-state index in [1.807, 2.05) is 0 Å². The molecule has 0 aliphatic rings. The normalized spacial score (nSPS) is 17.0. The smallest absolute Gasteiger partial charge is 0.0347 e. The Morgan fingerprint density at radius 2 is 1.47 bits per heavy atom. The van der Waals surface area contributed by atoms with Crippen molar-refractivity contribution in [2.45, 2.75) is 71.0 Å². The summed E-state index contributed by atoms with van der Waals surface area (Å²) in [5.74, 6) is 0.778. The van der Waals surface area contributed by atoms with Gasteiger partial charge in [0.15, 0.2) is 0 Å². The van der Waals surface area contributed by atoms with E-state index in [2.05, 4.69) is 65.8 Å². The molecule has 0 N–H and O–H groups in total. The summed E-state index contributed by atoms with van der Waals surface area (Å²) in [6.45, 7) is 13.7. The van der Waals surface area contributed by atoms with Gasteiger partial charge in [0.2, 0.25) is 0 Å². The molecule has 0 aliphatic heterocycles. The van der Waals surface area contributed by atoms with Crippen molar-refractivity contribution in [3.05, 3.63) is 35.4 Å². The first-order chi connectivity index (χ1) is 8.73. The van der Waals surface area contributed by atoms with Crippen LogP contribution >= 0.6 is 12.6 Å². The molecule has 0 heterocycles. The fourth-order valence-electron chi connectivity index (χ4n) is 2.62. The average Bonchev–Trinajstić information content (AvgIpc) is 2.38. The van der Waals surface area contributed by atoms with Crippen LogP contribution in [0, 0.1) is 5.92 Å². The maximum atomic E-state index is 4.75. The van der Waals surface area contributed by atoms with Gasteiger partial charge in [-0.2, -0.15) is 12.6 Å². The Labute approximate surface area is 125 Å². The first-order valence-corrected chi connectivity index (χ1v) is 8.01. The van der Waals surface area contributed by atoms with E-state index < -0.39 is 0 Å². The molecule has 0 nitrogen and oxygen atoms in total. The van der Waals surface area contributed by atoms with Gasteiger partial charge in [-0.15, -0.1) is 0 Å². The molecule has 0 bridgehead atoms. The third-order valence-corrected chi connectivity index (χ3v) is 5.11. The predicted molar refractivity (Wildman–Crippen MR) is 90.2 cm³/mol. The number of rotatable bonds is 6. The zero-order valence-electron chi connectivity index (χ0n) is 13.5. The van der Waals surface area contributed by atoms with E-state index in [4.69, 9.17) is 12.6 Å². The Hall–Kier alpha value is -0.430. The molecule has 1 rings (SSSR count). The maximum absolute atomic E-state index is 4.75. The van der Waals surface area contributed by atoms with E-state index in [0.29, 0.717) is 0 Å². The van der Waals surface area contributed by atoms with Crippen LogP contribution in [0.3, 0.4) is 0 Å². The Kier molecular flexibility index (Phi) is 5.55. The van der Waals surface area contributed by atoms with E-state index in [1.54, 1.807) is 0 Å². The molecule has 0 saturated carbocycles. The van der Waals surface area contributed by atoms with Crippen molar-refractivity contribution in [1.29, 1.82) is 0 Å². The Balaban J connectivity index is 2.92. The minimum atomic E-state index is -0.0145. The van der Waals surface area contributed by atoms with Crippen LogP contribution in [0.15, 0.2) is 24.3 Å². The van der Waals surface area contributed by atoms with Gasteiger partial charge in [0.05, 0.1) is 0 Å². The Morgan fingerprint density at radius 1 is 1.00 bits per heavy atom. The summed E-state index contributed by atoms with van der Waals surface area (Å²) < 4.78 is -0.0145. The van der Waals surface area contributed by atoms with Crippen molar-refractivity contribution >= 4 is 12.6 Å². The van der Waals surface area contributed by atoms with E-state index in [9.17, 15) is 0 Å². The molecule has 0 fully saturated rings. The lowest BCUT2D eigenvalue weighted by atomic mass is 9.76. The zero-order valence-corrected chi connectivity index (χ0v) is 14.3. The summed E-state index contributed by atoms with van der Waals surface area (Å²) in [5.41, 5.74) is 3.02. The van der Waals surface area contributed by atoms with Crippen LogP contribution in [0.2, 0.25) is 0 Å². The van der Waals surface area contributed by atoms with Crippen molar-refractivity contribution in [2.24, 2.45) is 5.92 Å². The van der Waals surface area contributed by atoms with Crippen molar-refractivity contribution < 1.29 is 0 Å². The number of hydrogen-bond donors (Lipinski definition) is 1. The standard InChI is InChI=1S/C18H30S/c1-7-14(3)13-17(4,5)15-9-11-16(12-10-15)18(6,19)8-2/h9-12,14,19H,7-8,13H2,1-6H3. The maximum Gasteiger partial charge on any atom is 0.0347 e. The first kappa shape index (κ1) is 16.6. The molecular weight excluding hydrogens is 248 g/mol. The second-order valence-electron chi connectivity index (χ2n) is 6.81. The molecule has 0 radical (unpaired) electrons. The van der Waals surface area contributed by atoms with E-state index in [-0.39, 0.29) is 10.2 Å². The van der Waals surface area contributed by atoms with Crippen molar-refractivity contribution in [2.75, 3.05) is 0 Å². The molecule has 19 heavy (non-hydrogen) atoms. The lowest BCUT2D eigenvalue weighted by molar-refractivity contribution is 0.372. The molecule has 0 aromatic heterocycles. The van der Waals surface area contributed by atoms with Gasteiger partial charge in [0.1, 0.15) is 0 Å². The molecule has 0 saturated heterocycles. The van der Waals surface area contributed by atoms with Crippen molar-refractivity contribution in [3.63, 3.8) is 0 Å². The summed E-state index contributed by atoms with van der Waals surface area (Å²) in [6, 6.07) is 9.10. The summed E-state index contributed by atoms with van der Waals surface area (Å²) >= 11 is 4.75. The number of hydrogen-bond acceptors (Lipinski definition) is 1. The van der Waals surface area contributed by atoms with Gasteiger partial charge in [-0.1, -0.05) is 65.3 Å². The molecular formula is C18H30S. The molecule has 0 amide bonds. The third kappa shape index (κ3) is 4.27. The number of benzene rings is 1. The first-order valence-electron chi connectivity index (χ1n) is 7.56. The lowest BCUT2D eigenvalue weighted by Gasteiger charge is -2.29. The van der Waals surface area contributed by atoms with Crippen LogP contribution in [0.4, 0.5) is 0 Å². The third-order valence-electron chi connectivity index (χ3n) is 4.53. The van der Waals surface area contributed by atoms with E-state index >= 15 is 0 Å². The molecule has 0 aliphatic carbocycles. The Bertz CT molecular complexity index is 387. The molecule has 1 aromatic rings. The van der Waals surface area contributed by atoms with Crippen molar-refractivity contribution in [1.82, 2.24) is 0 Å². The van der Waals surface area contributed by atoms with Crippen molar-refractivity contribution in [3.8, 4) is 0 Å². The van der Waals surface area contributed by atoms with Crippen LogP contribution in [-0.2, 0) is 10.2 Å². The van der Waals surface area contributed by atoms with Crippen LogP contribution in [0.25, 0.3) is 0 Å². The lowest BCUT2D eigenvalue weighted by Crippen LogP contribution is -2.21. The largest absolute Gasteiger partial charge is 0.168 e. The topological polar surface area (TPSA) is 0 Å². The highest BCUT2D eigenvalue weighted by molar-refractivity contribution is 7.81. The molecule has 1 aromatic carbocycles. The van der Waals surface area contributed by atoms with Gasteiger partial charge in [-0.25, -0.2) is 0 Å². The van der Waals surface area contributed by atoms with E-state index in [0.717, 1.165) is 12.3 Å². The van der Waals surface area contributed by atoms with Gasteiger partial charge < -0.3 is 0 Å². The summed E-state index contributed by atoms with van der Waals surface area (Å²) in [6.07, 6.45) is 3.55. The van der Waals surface area contributed by atoms with Gasteiger partial charge in [0.25, 0.3) is 0 Å². The SMILES string of the molecule is CCC(C)CC(C)(C)c1ccc(C(C)(S)CC)cc1. The molecule has 2 unspecified atom stereocenters. The highest BCUT2D eigenvalue weighted by atomic mass is 32.1. The molecule has 108 valence electrons. The monoisotopic (exact) mass is 278 g/mol. The van der Waals surface area contributed by atoms with Crippen LogP contribution in [-0.4, -0.2) is 0 Å². The highest BCUT2D eigenvalue weighted by Gasteiger charge is 2.24. The quantitative estimate of drug-likeness (QED) is 0.610. The van der Waals surface area contributed by atoms with Gasteiger partial charge >= 0.3 is 0 Å². The second-order valence-corrected chi connectivity index (χ2v) is 7.79. The summed E-state index contributed by atoms with van der Waals surface area (Å²) in [5, 5.41) is 0. The van der Waals surface area contributed by atoms with E-state index in [1.165, 1.54) is 24.0 Å². The minimum Gasteiger partial charge on any atom is -0.168 e. The fraction of sp³-hybridized carbons (Fsp3) is 0.667. The molecule has 2 atom stereocenters. The zero-order chi connectivity index (χ0) is 14.7. The number of thiol groups is 1. The van der Waals surface area contributed by atoms with Crippen LogP contribution in [0.5, 0.6) is 0 Å².